The number of thiophene rings is 1. The van der Waals surface area contributed by atoms with Crippen LogP contribution in [0.15, 0.2) is 40.7 Å². The quantitative estimate of drug-likeness (QED) is 0.701. The second-order valence-electron chi connectivity index (χ2n) is 3.94. The summed E-state index contributed by atoms with van der Waals surface area (Å²) >= 11 is 3.38. The van der Waals surface area contributed by atoms with Crippen molar-refractivity contribution in [2.45, 2.75) is 13.3 Å². The number of aryl methyl sites for hydroxylation is 1. The van der Waals surface area contributed by atoms with Crippen molar-refractivity contribution in [2.75, 3.05) is 0 Å². The maximum atomic E-state index is 4.72. The highest BCUT2D eigenvalue weighted by atomic mass is 32.1. The van der Waals surface area contributed by atoms with E-state index in [4.69, 9.17) is 4.98 Å². The van der Waals surface area contributed by atoms with Gasteiger partial charge in [0.2, 0.25) is 0 Å². The lowest BCUT2D eigenvalue weighted by Crippen LogP contribution is -1.88. The van der Waals surface area contributed by atoms with E-state index in [2.05, 4.69) is 40.2 Å². The molecule has 0 saturated heterocycles. The third-order valence-electron chi connectivity index (χ3n) is 2.84. The largest absolute Gasteiger partial charge is 0.264 e. The Morgan fingerprint density at radius 1 is 1.22 bits per heavy atom. The Kier molecular flexibility index (Phi) is 3.21. The Balaban J connectivity index is 2.03. The first-order valence-corrected chi connectivity index (χ1v) is 7.62. The average molecular weight is 272 g/mol. The zero-order chi connectivity index (χ0) is 12.4. The van der Waals surface area contributed by atoms with Crippen molar-refractivity contribution in [1.82, 2.24) is 9.97 Å². The molecule has 0 unspecified atom stereocenters. The van der Waals surface area contributed by atoms with Gasteiger partial charge >= 0.3 is 0 Å². The molecule has 0 N–H and O–H groups in total. The standard InChI is InChI=1S/C14H12N2S2/c1-2-10-3-5-15-7-12(10)14-16-13(9-18-14)11-4-6-17-8-11/h3-9H,2H2,1H3. The second-order valence-corrected chi connectivity index (χ2v) is 5.57. The molecule has 2 nitrogen and oxygen atoms in total. The maximum absolute atomic E-state index is 4.72. The summed E-state index contributed by atoms with van der Waals surface area (Å²) in [7, 11) is 0. The topological polar surface area (TPSA) is 25.8 Å². The summed E-state index contributed by atoms with van der Waals surface area (Å²) in [5.41, 5.74) is 4.72. The molecule has 0 bridgehead atoms. The predicted octanol–water partition coefficient (Wildman–Crippen LogP) is 4.50. The summed E-state index contributed by atoms with van der Waals surface area (Å²) in [6.07, 6.45) is 4.76. The number of hydrogen-bond donors (Lipinski definition) is 0. The van der Waals surface area contributed by atoms with Crippen molar-refractivity contribution in [2.24, 2.45) is 0 Å². The molecule has 0 amide bonds. The highest BCUT2D eigenvalue weighted by molar-refractivity contribution is 7.13. The smallest absolute Gasteiger partial charge is 0.125 e. The molecule has 0 saturated carbocycles. The van der Waals surface area contributed by atoms with E-state index in [9.17, 15) is 0 Å². The molecule has 0 spiro atoms. The van der Waals surface area contributed by atoms with Gasteiger partial charge in [0, 0.05) is 34.3 Å². The zero-order valence-electron chi connectivity index (χ0n) is 9.96. The highest BCUT2D eigenvalue weighted by Crippen LogP contribution is 2.31. The first-order chi connectivity index (χ1) is 8.88. The summed E-state index contributed by atoms with van der Waals surface area (Å²) in [5.74, 6) is 0. The van der Waals surface area contributed by atoms with Crippen LogP contribution in [0.4, 0.5) is 0 Å². The lowest BCUT2D eigenvalue weighted by atomic mass is 10.1. The van der Waals surface area contributed by atoms with E-state index in [1.165, 1.54) is 11.1 Å². The van der Waals surface area contributed by atoms with Gasteiger partial charge in [-0.2, -0.15) is 11.3 Å². The fourth-order valence-electron chi connectivity index (χ4n) is 1.86. The first kappa shape index (κ1) is 11.6. The molecule has 0 aliphatic heterocycles. The summed E-state index contributed by atoms with van der Waals surface area (Å²) in [6, 6.07) is 4.18. The molecule has 0 fully saturated rings. The molecule has 0 atom stereocenters. The third kappa shape index (κ3) is 2.09. The minimum Gasteiger partial charge on any atom is -0.264 e. The fraction of sp³-hybridized carbons (Fsp3) is 0.143. The Morgan fingerprint density at radius 3 is 2.94 bits per heavy atom. The molecule has 3 heterocycles. The Bertz CT molecular complexity index is 641. The van der Waals surface area contributed by atoms with Crippen LogP contribution in [0.3, 0.4) is 0 Å². The number of hydrogen-bond acceptors (Lipinski definition) is 4. The van der Waals surface area contributed by atoms with Crippen molar-refractivity contribution in [3.63, 3.8) is 0 Å². The molecular formula is C14H12N2S2. The summed E-state index contributed by atoms with van der Waals surface area (Å²) < 4.78 is 0. The monoisotopic (exact) mass is 272 g/mol. The molecule has 0 aliphatic rings. The van der Waals surface area contributed by atoms with Crippen LogP contribution in [0.25, 0.3) is 21.8 Å². The Labute approximate surface area is 114 Å². The van der Waals surface area contributed by atoms with Crippen molar-refractivity contribution >= 4 is 22.7 Å². The van der Waals surface area contributed by atoms with E-state index in [1.807, 2.05) is 12.4 Å². The van der Waals surface area contributed by atoms with Gasteiger partial charge in [0.05, 0.1) is 5.69 Å². The Hall–Kier alpha value is -1.52. The molecule has 0 aliphatic carbocycles. The van der Waals surface area contributed by atoms with Gasteiger partial charge in [0.15, 0.2) is 0 Å². The van der Waals surface area contributed by atoms with E-state index in [0.717, 1.165) is 22.7 Å². The zero-order valence-corrected chi connectivity index (χ0v) is 11.6. The lowest BCUT2D eigenvalue weighted by Gasteiger charge is -2.02. The summed E-state index contributed by atoms with van der Waals surface area (Å²) in [6.45, 7) is 2.16. The molecule has 18 heavy (non-hydrogen) atoms. The van der Waals surface area contributed by atoms with Crippen LogP contribution >= 0.6 is 22.7 Å². The van der Waals surface area contributed by atoms with Gasteiger partial charge in [0.25, 0.3) is 0 Å². The van der Waals surface area contributed by atoms with Crippen LogP contribution < -0.4 is 0 Å². The number of rotatable bonds is 3. The van der Waals surface area contributed by atoms with E-state index < -0.39 is 0 Å². The fourth-order valence-corrected chi connectivity index (χ4v) is 3.39. The van der Waals surface area contributed by atoms with Crippen LogP contribution in [0.2, 0.25) is 0 Å². The van der Waals surface area contributed by atoms with Gasteiger partial charge in [-0.25, -0.2) is 4.98 Å². The molecule has 3 rings (SSSR count). The normalized spacial score (nSPS) is 10.7. The Morgan fingerprint density at radius 2 is 2.17 bits per heavy atom. The van der Waals surface area contributed by atoms with Crippen LogP contribution in [0.1, 0.15) is 12.5 Å². The molecule has 3 aromatic heterocycles. The molecule has 4 heteroatoms. The van der Waals surface area contributed by atoms with E-state index >= 15 is 0 Å². The predicted molar refractivity (Wildman–Crippen MR) is 78.0 cm³/mol. The average Bonchev–Trinajstić information content (AvgIpc) is 3.09. The van der Waals surface area contributed by atoms with Gasteiger partial charge < -0.3 is 0 Å². The molecular weight excluding hydrogens is 260 g/mol. The van der Waals surface area contributed by atoms with Gasteiger partial charge in [0.1, 0.15) is 5.01 Å². The maximum Gasteiger partial charge on any atom is 0.125 e. The summed E-state index contributed by atoms with van der Waals surface area (Å²) in [4.78, 5) is 8.93. The van der Waals surface area contributed by atoms with Gasteiger partial charge in [-0.15, -0.1) is 11.3 Å². The molecule has 90 valence electrons. The third-order valence-corrected chi connectivity index (χ3v) is 4.40. The summed E-state index contributed by atoms with van der Waals surface area (Å²) in [5, 5.41) is 7.38. The number of aromatic nitrogens is 2. The van der Waals surface area contributed by atoms with Gasteiger partial charge in [-0.1, -0.05) is 6.92 Å². The molecule has 0 aromatic carbocycles. The van der Waals surface area contributed by atoms with E-state index in [1.54, 1.807) is 22.7 Å². The first-order valence-electron chi connectivity index (χ1n) is 5.80. The van der Waals surface area contributed by atoms with Crippen LogP contribution in [-0.2, 0) is 6.42 Å². The lowest BCUT2D eigenvalue weighted by molar-refractivity contribution is 1.12. The minimum atomic E-state index is 1.01. The van der Waals surface area contributed by atoms with E-state index in [0.29, 0.717) is 0 Å². The van der Waals surface area contributed by atoms with Crippen molar-refractivity contribution in [3.05, 3.63) is 46.2 Å². The SMILES string of the molecule is CCc1ccncc1-c1nc(-c2ccsc2)cs1. The van der Waals surface area contributed by atoms with Crippen LogP contribution in [0, 0.1) is 0 Å². The van der Waals surface area contributed by atoms with Crippen molar-refractivity contribution < 1.29 is 0 Å². The van der Waals surface area contributed by atoms with Crippen molar-refractivity contribution in [3.8, 4) is 21.8 Å². The number of pyridine rings is 1. The van der Waals surface area contributed by atoms with Crippen molar-refractivity contribution in [1.29, 1.82) is 0 Å². The number of thiazole rings is 1. The number of nitrogens with zero attached hydrogens (tertiary/aromatic N) is 2. The van der Waals surface area contributed by atoms with Crippen LogP contribution in [0.5, 0.6) is 0 Å². The van der Waals surface area contributed by atoms with Gasteiger partial charge in [-0.05, 0) is 29.5 Å². The highest BCUT2D eigenvalue weighted by Gasteiger charge is 2.09. The van der Waals surface area contributed by atoms with Crippen LogP contribution in [-0.4, -0.2) is 9.97 Å². The molecule has 0 radical (unpaired) electrons. The van der Waals surface area contributed by atoms with Gasteiger partial charge in [-0.3, -0.25) is 4.98 Å². The van der Waals surface area contributed by atoms with E-state index in [-0.39, 0.29) is 0 Å². The minimum absolute atomic E-state index is 1.01. The molecule has 3 aromatic rings. The second kappa shape index (κ2) is 5.00.